The zero-order valence-electron chi connectivity index (χ0n) is 16.1. The molecule has 0 aliphatic carbocycles. The summed E-state index contributed by atoms with van der Waals surface area (Å²) in [7, 11) is 0.409. The second-order valence-electron chi connectivity index (χ2n) is 6.23. The van der Waals surface area contributed by atoms with Crippen LogP contribution in [-0.4, -0.2) is 59.8 Å². The lowest BCUT2D eigenvalue weighted by Gasteiger charge is -2.18. The van der Waals surface area contributed by atoms with Gasteiger partial charge in [-0.1, -0.05) is 12.1 Å². The van der Waals surface area contributed by atoms with Crippen molar-refractivity contribution in [3.8, 4) is 5.75 Å². The van der Waals surface area contributed by atoms with Crippen molar-refractivity contribution in [2.45, 2.75) is 32.4 Å². The van der Waals surface area contributed by atoms with Crippen LogP contribution < -0.4 is 15.4 Å². The highest BCUT2D eigenvalue weighted by Crippen LogP contribution is 2.13. The molecule has 8 heteroatoms. The van der Waals surface area contributed by atoms with Crippen molar-refractivity contribution in [3.05, 3.63) is 29.8 Å². The fourth-order valence-electron chi connectivity index (χ4n) is 2.22. The number of guanidine groups is 1. The van der Waals surface area contributed by atoms with E-state index in [1.807, 2.05) is 31.2 Å². The summed E-state index contributed by atoms with van der Waals surface area (Å²) in [6.45, 7) is 3.83. The van der Waals surface area contributed by atoms with Crippen molar-refractivity contribution in [1.29, 1.82) is 0 Å². The molecular formula is C18H31N3O4S. The summed E-state index contributed by atoms with van der Waals surface area (Å²) in [5.41, 5.74) is 1.07. The Morgan fingerprint density at radius 1 is 1.31 bits per heavy atom. The molecule has 0 aromatic heterocycles. The number of sulfone groups is 1. The number of aliphatic imine (C=N–C) groups is 1. The second kappa shape index (κ2) is 11.7. The fourth-order valence-corrected chi connectivity index (χ4v) is 3.00. The lowest BCUT2D eigenvalue weighted by Crippen LogP contribution is -2.42. The van der Waals surface area contributed by atoms with Crippen molar-refractivity contribution >= 4 is 15.8 Å². The molecule has 1 rings (SSSR count). The predicted molar refractivity (Wildman–Crippen MR) is 106 cm³/mol. The Balaban J connectivity index is 2.45. The van der Waals surface area contributed by atoms with Crippen LogP contribution in [-0.2, 0) is 21.1 Å². The van der Waals surface area contributed by atoms with Gasteiger partial charge in [-0.3, -0.25) is 4.99 Å². The molecule has 0 saturated carbocycles. The van der Waals surface area contributed by atoms with Crippen molar-refractivity contribution < 1.29 is 17.9 Å². The Morgan fingerprint density at radius 3 is 2.73 bits per heavy atom. The Morgan fingerprint density at radius 2 is 2.08 bits per heavy atom. The molecule has 2 N–H and O–H groups in total. The van der Waals surface area contributed by atoms with Gasteiger partial charge in [0, 0.05) is 46.0 Å². The lowest BCUT2D eigenvalue weighted by molar-refractivity contribution is 0.172. The van der Waals surface area contributed by atoms with E-state index in [-0.39, 0.29) is 11.8 Å². The highest BCUT2D eigenvalue weighted by molar-refractivity contribution is 7.90. The molecule has 1 aromatic carbocycles. The maximum absolute atomic E-state index is 11.3. The first-order valence-electron chi connectivity index (χ1n) is 8.69. The first-order valence-corrected chi connectivity index (χ1v) is 10.8. The van der Waals surface area contributed by atoms with Crippen molar-refractivity contribution in [2.24, 2.45) is 4.99 Å². The van der Waals surface area contributed by atoms with Crippen LogP contribution in [0.5, 0.6) is 5.75 Å². The maximum atomic E-state index is 11.3. The first kappa shape index (κ1) is 22.2. The molecule has 1 aromatic rings. The zero-order chi connectivity index (χ0) is 19.4. The lowest BCUT2D eigenvalue weighted by atomic mass is 10.2. The molecule has 0 radical (unpaired) electrons. The van der Waals surface area contributed by atoms with Crippen LogP contribution in [0.3, 0.4) is 0 Å². The summed E-state index contributed by atoms with van der Waals surface area (Å²) in [6.07, 6.45) is 2.63. The minimum atomic E-state index is -2.96. The third kappa shape index (κ3) is 10.2. The van der Waals surface area contributed by atoms with Crippen molar-refractivity contribution in [3.63, 3.8) is 0 Å². The van der Waals surface area contributed by atoms with E-state index in [0.717, 1.165) is 17.7 Å². The molecule has 0 bridgehead atoms. The molecule has 0 fully saturated rings. The van der Waals surface area contributed by atoms with Crippen molar-refractivity contribution in [1.82, 2.24) is 10.6 Å². The van der Waals surface area contributed by atoms with Crippen LogP contribution in [0.2, 0.25) is 0 Å². The van der Waals surface area contributed by atoms with Gasteiger partial charge in [0.05, 0.1) is 12.4 Å². The number of ether oxygens (including phenoxy) is 2. The van der Waals surface area contributed by atoms with Gasteiger partial charge < -0.3 is 20.1 Å². The maximum Gasteiger partial charge on any atom is 0.191 e. The number of methoxy groups -OCH3 is 1. The van der Waals surface area contributed by atoms with Crippen LogP contribution in [0, 0.1) is 0 Å². The topological polar surface area (TPSA) is 89.0 Å². The van der Waals surface area contributed by atoms with E-state index in [0.29, 0.717) is 32.1 Å². The zero-order valence-corrected chi connectivity index (χ0v) is 16.9. The standard InChI is InChI=1S/C18H31N3O4S/c1-15(9-12-26(4,22)23)21-18(19-2)20-14-16-7-5-8-17(13-16)25-11-6-10-24-3/h5,7-8,13,15H,6,9-12,14H2,1-4H3,(H2,19,20,21). The van der Waals surface area contributed by atoms with Gasteiger partial charge in [0.25, 0.3) is 0 Å². The largest absolute Gasteiger partial charge is 0.493 e. The third-order valence-electron chi connectivity index (χ3n) is 3.65. The van der Waals surface area contributed by atoms with Gasteiger partial charge in [-0.05, 0) is 31.0 Å². The predicted octanol–water partition coefficient (Wildman–Crippen LogP) is 1.59. The normalized spacial score (nSPS) is 13.3. The quantitative estimate of drug-likeness (QED) is 0.342. The summed E-state index contributed by atoms with van der Waals surface area (Å²) in [5.74, 6) is 1.61. The van der Waals surface area contributed by atoms with Crippen LogP contribution in [0.4, 0.5) is 0 Å². The van der Waals surface area contributed by atoms with Gasteiger partial charge in [-0.25, -0.2) is 8.42 Å². The number of nitrogens with zero attached hydrogens (tertiary/aromatic N) is 1. The SMILES string of the molecule is CN=C(NCc1cccc(OCCCOC)c1)NC(C)CCS(C)(=O)=O. The summed E-state index contributed by atoms with van der Waals surface area (Å²) in [5, 5.41) is 6.43. The number of rotatable bonds is 11. The summed E-state index contributed by atoms with van der Waals surface area (Å²) in [6, 6.07) is 7.88. The molecule has 0 aliphatic heterocycles. The van der Waals surface area contributed by atoms with E-state index < -0.39 is 9.84 Å². The number of hydrogen-bond donors (Lipinski definition) is 2. The van der Waals surface area contributed by atoms with E-state index in [1.54, 1.807) is 14.2 Å². The van der Waals surface area contributed by atoms with Gasteiger partial charge in [0.1, 0.15) is 15.6 Å². The Hall–Kier alpha value is -1.80. The highest BCUT2D eigenvalue weighted by Gasteiger charge is 2.09. The third-order valence-corrected chi connectivity index (χ3v) is 4.63. The minimum Gasteiger partial charge on any atom is -0.493 e. The van der Waals surface area contributed by atoms with Crippen LogP contribution >= 0.6 is 0 Å². The van der Waals surface area contributed by atoms with Crippen LogP contribution in [0.1, 0.15) is 25.3 Å². The van der Waals surface area contributed by atoms with E-state index >= 15 is 0 Å². The highest BCUT2D eigenvalue weighted by atomic mass is 32.2. The summed E-state index contributed by atoms with van der Waals surface area (Å²) < 4.78 is 33.2. The van der Waals surface area contributed by atoms with Gasteiger partial charge >= 0.3 is 0 Å². The van der Waals surface area contributed by atoms with E-state index in [1.165, 1.54) is 6.26 Å². The van der Waals surface area contributed by atoms with Crippen LogP contribution in [0.25, 0.3) is 0 Å². The Bertz CT molecular complexity index is 662. The molecule has 1 atom stereocenters. The monoisotopic (exact) mass is 385 g/mol. The molecule has 0 heterocycles. The average Bonchev–Trinajstić information content (AvgIpc) is 2.60. The Kier molecular flexibility index (Phi) is 10.0. The van der Waals surface area contributed by atoms with E-state index in [9.17, 15) is 8.42 Å². The molecule has 0 aliphatic rings. The summed E-state index contributed by atoms with van der Waals surface area (Å²) in [4.78, 5) is 4.18. The van der Waals surface area contributed by atoms with Crippen molar-refractivity contribution in [2.75, 3.05) is 39.4 Å². The second-order valence-corrected chi connectivity index (χ2v) is 8.49. The molecule has 26 heavy (non-hydrogen) atoms. The first-order chi connectivity index (χ1) is 12.3. The molecule has 0 saturated heterocycles. The molecule has 7 nitrogen and oxygen atoms in total. The number of benzene rings is 1. The summed E-state index contributed by atoms with van der Waals surface area (Å²) >= 11 is 0. The minimum absolute atomic E-state index is 0.00590. The van der Waals surface area contributed by atoms with Gasteiger partial charge in [-0.15, -0.1) is 0 Å². The van der Waals surface area contributed by atoms with Gasteiger partial charge in [0.15, 0.2) is 5.96 Å². The molecule has 0 amide bonds. The molecule has 148 valence electrons. The smallest absolute Gasteiger partial charge is 0.191 e. The Labute approximate surface area is 157 Å². The molecule has 1 unspecified atom stereocenters. The molecule has 0 spiro atoms. The number of nitrogens with one attached hydrogen (secondary N) is 2. The van der Waals surface area contributed by atoms with Crippen LogP contribution in [0.15, 0.2) is 29.3 Å². The van der Waals surface area contributed by atoms with Gasteiger partial charge in [0.2, 0.25) is 0 Å². The average molecular weight is 386 g/mol. The van der Waals surface area contributed by atoms with E-state index in [4.69, 9.17) is 9.47 Å². The molecular weight excluding hydrogens is 354 g/mol. The van der Waals surface area contributed by atoms with Gasteiger partial charge in [-0.2, -0.15) is 0 Å². The van der Waals surface area contributed by atoms with E-state index in [2.05, 4.69) is 15.6 Å². The fraction of sp³-hybridized carbons (Fsp3) is 0.611. The number of hydrogen-bond acceptors (Lipinski definition) is 5.